The number of rotatable bonds is 6. The fourth-order valence-electron chi connectivity index (χ4n) is 3.43. The highest BCUT2D eigenvalue weighted by Crippen LogP contribution is 2.58. The summed E-state index contributed by atoms with van der Waals surface area (Å²) in [7, 11) is 0. The summed E-state index contributed by atoms with van der Waals surface area (Å²) >= 11 is 0. The third-order valence-electron chi connectivity index (χ3n) is 5.02. The zero-order valence-electron chi connectivity index (χ0n) is 15.2. The molecular weight excluding hydrogens is 344 g/mol. The van der Waals surface area contributed by atoms with Crippen molar-refractivity contribution in [2.45, 2.75) is 20.3 Å². The van der Waals surface area contributed by atoms with E-state index in [4.69, 9.17) is 0 Å². The van der Waals surface area contributed by atoms with Gasteiger partial charge in [-0.15, -0.1) is 0 Å². The number of hydrogen-bond donors (Lipinski definition) is 3. The summed E-state index contributed by atoms with van der Waals surface area (Å²) in [6.45, 7) is 3.56. The highest BCUT2D eigenvalue weighted by molar-refractivity contribution is 6.00. The van der Waals surface area contributed by atoms with Crippen LogP contribution in [0.25, 0.3) is 0 Å². The molecule has 0 saturated heterocycles. The average Bonchev–Trinajstić information content (AvgIpc) is 3.20. The molecular formula is C21H22N2O4. The maximum absolute atomic E-state index is 12.3. The predicted octanol–water partition coefficient (Wildman–Crippen LogP) is 3.16. The van der Waals surface area contributed by atoms with Gasteiger partial charge in [-0.05, 0) is 35.2 Å². The summed E-state index contributed by atoms with van der Waals surface area (Å²) in [4.78, 5) is 35.6. The molecule has 27 heavy (non-hydrogen) atoms. The Hall–Kier alpha value is -3.15. The van der Waals surface area contributed by atoms with Gasteiger partial charge in [-0.25, -0.2) is 0 Å². The number of hydrogen-bond acceptors (Lipinski definition) is 3. The molecule has 0 heterocycles. The number of carbonyl (C=O) groups is 3. The minimum Gasteiger partial charge on any atom is -0.481 e. The second kappa shape index (κ2) is 7.23. The molecule has 3 rings (SSSR count). The first-order chi connectivity index (χ1) is 12.8. The summed E-state index contributed by atoms with van der Waals surface area (Å²) in [5.74, 6) is -2.57. The van der Waals surface area contributed by atoms with Crippen molar-refractivity contribution in [3.05, 3.63) is 60.2 Å². The lowest BCUT2D eigenvalue weighted by molar-refractivity contribution is -0.140. The van der Waals surface area contributed by atoms with Crippen LogP contribution in [0.2, 0.25) is 0 Å². The standard InChI is InChI=1S/C21H22N2O4/c1-21(2)17(18(21)20(26)27)19(25)23-15-10-8-14(9-11-15)22-16(24)12-13-6-4-3-5-7-13/h3-11,17-18H,12H2,1-2H3,(H,22,24)(H,23,25)(H,26,27)/t17-,18-/m1/s1. The summed E-state index contributed by atoms with van der Waals surface area (Å²) < 4.78 is 0. The Morgan fingerprint density at radius 3 is 1.96 bits per heavy atom. The van der Waals surface area contributed by atoms with Gasteiger partial charge in [0.05, 0.1) is 18.3 Å². The van der Waals surface area contributed by atoms with Gasteiger partial charge in [-0.1, -0.05) is 44.2 Å². The Bertz CT molecular complexity index is 860. The van der Waals surface area contributed by atoms with E-state index in [0.29, 0.717) is 11.4 Å². The molecule has 1 aliphatic rings. The van der Waals surface area contributed by atoms with Gasteiger partial charge in [0, 0.05) is 11.4 Å². The van der Waals surface area contributed by atoms with Crippen LogP contribution in [-0.4, -0.2) is 22.9 Å². The largest absolute Gasteiger partial charge is 0.481 e. The van der Waals surface area contributed by atoms with Crippen LogP contribution < -0.4 is 10.6 Å². The highest BCUT2D eigenvalue weighted by atomic mass is 16.4. The molecule has 1 saturated carbocycles. The van der Waals surface area contributed by atoms with Crippen molar-refractivity contribution in [1.82, 2.24) is 0 Å². The van der Waals surface area contributed by atoms with Crippen LogP contribution in [0.3, 0.4) is 0 Å². The molecule has 2 aromatic carbocycles. The van der Waals surface area contributed by atoms with Crippen molar-refractivity contribution < 1.29 is 19.5 Å². The highest BCUT2D eigenvalue weighted by Gasteiger charge is 2.65. The third-order valence-corrected chi connectivity index (χ3v) is 5.02. The molecule has 2 atom stereocenters. The van der Waals surface area contributed by atoms with Crippen molar-refractivity contribution in [3.63, 3.8) is 0 Å². The van der Waals surface area contributed by atoms with E-state index in [1.54, 1.807) is 38.1 Å². The fourth-order valence-corrected chi connectivity index (χ4v) is 3.43. The number of carbonyl (C=O) groups excluding carboxylic acids is 2. The van der Waals surface area contributed by atoms with Crippen LogP contribution in [0.1, 0.15) is 19.4 Å². The molecule has 0 spiro atoms. The molecule has 0 unspecified atom stereocenters. The molecule has 6 nitrogen and oxygen atoms in total. The number of nitrogens with one attached hydrogen (secondary N) is 2. The second-order valence-electron chi connectivity index (χ2n) is 7.39. The summed E-state index contributed by atoms with van der Waals surface area (Å²) in [5.41, 5.74) is 1.58. The Balaban J connectivity index is 1.55. The smallest absolute Gasteiger partial charge is 0.307 e. The van der Waals surface area contributed by atoms with Crippen molar-refractivity contribution >= 4 is 29.2 Å². The Labute approximate surface area is 157 Å². The van der Waals surface area contributed by atoms with Crippen LogP contribution in [0, 0.1) is 17.3 Å². The van der Waals surface area contributed by atoms with Gasteiger partial charge < -0.3 is 15.7 Å². The van der Waals surface area contributed by atoms with Gasteiger partial charge >= 0.3 is 5.97 Å². The number of carboxylic acid groups (broad SMARTS) is 1. The topological polar surface area (TPSA) is 95.5 Å². The molecule has 0 bridgehead atoms. The van der Waals surface area contributed by atoms with E-state index in [1.807, 2.05) is 30.3 Å². The van der Waals surface area contributed by atoms with Crippen molar-refractivity contribution in [2.24, 2.45) is 17.3 Å². The quantitative estimate of drug-likeness (QED) is 0.732. The summed E-state index contributed by atoms with van der Waals surface area (Å²) in [6.07, 6.45) is 0.284. The van der Waals surface area contributed by atoms with Crippen LogP contribution in [0.5, 0.6) is 0 Å². The lowest BCUT2D eigenvalue weighted by Gasteiger charge is -2.09. The molecule has 3 N–H and O–H groups in total. The van der Waals surface area contributed by atoms with Gasteiger partial charge in [-0.2, -0.15) is 0 Å². The zero-order chi connectivity index (χ0) is 19.6. The molecule has 2 amide bonds. The van der Waals surface area contributed by atoms with Crippen LogP contribution in [0.15, 0.2) is 54.6 Å². The first kappa shape index (κ1) is 18.6. The van der Waals surface area contributed by atoms with E-state index in [1.165, 1.54) is 0 Å². The molecule has 2 aromatic rings. The van der Waals surface area contributed by atoms with Crippen LogP contribution in [-0.2, 0) is 20.8 Å². The predicted molar refractivity (Wildman–Crippen MR) is 102 cm³/mol. The monoisotopic (exact) mass is 366 g/mol. The van der Waals surface area contributed by atoms with E-state index in [0.717, 1.165) is 5.56 Å². The van der Waals surface area contributed by atoms with Crippen molar-refractivity contribution in [1.29, 1.82) is 0 Å². The lowest BCUT2D eigenvalue weighted by atomic mass is 10.1. The van der Waals surface area contributed by atoms with Gasteiger partial charge in [0.25, 0.3) is 0 Å². The second-order valence-corrected chi connectivity index (χ2v) is 7.39. The minimum absolute atomic E-state index is 0.123. The Morgan fingerprint density at radius 1 is 0.889 bits per heavy atom. The molecule has 140 valence electrons. The van der Waals surface area contributed by atoms with E-state index in [2.05, 4.69) is 10.6 Å². The number of amides is 2. The maximum atomic E-state index is 12.3. The molecule has 0 radical (unpaired) electrons. The fraction of sp³-hybridized carbons (Fsp3) is 0.286. The Morgan fingerprint density at radius 2 is 1.44 bits per heavy atom. The first-order valence-electron chi connectivity index (χ1n) is 8.76. The number of benzene rings is 2. The molecule has 1 fully saturated rings. The van der Waals surface area contributed by atoms with E-state index < -0.39 is 23.2 Å². The molecule has 0 aliphatic heterocycles. The summed E-state index contributed by atoms with van der Waals surface area (Å²) in [5, 5.41) is 14.7. The third kappa shape index (κ3) is 4.16. The van der Waals surface area contributed by atoms with Crippen molar-refractivity contribution in [3.8, 4) is 0 Å². The zero-order valence-corrected chi connectivity index (χ0v) is 15.2. The molecule has 0 aromatic heterocycles. The lowest BCUT2D eigenvalue weighted by Crippen LogP contribution is -2.18. The number of carboxylic acids is 1. The van der Waals surface area contributed by atoms with E-state index in [-0.39, 0.29) is 18.2 Å². The average molecular weight is 366 g/mol. The van der Waals surface area contributed by atoms with Gasteiger partial charge in [0.2, 0.25) is 11.8 Å². The van der Waals surface area contributed by atoms with Gasteiger partial charge in [-0.3, -0.25) is 14.4 Å². The van der Waals surface area contributed by atoms with Crippen molar-refractivity contribution in [2.75, 3.05) is 10.6 Å². The molecule has 1 aliphatic carbocycles. The van der Waals surface area contributed by atoms with Crippen LogP contribution >= 0.6 is 0 Å². The maximum Gasteiger partial charge on any atom is 0.307 e. The number of aliphatic carboxylic acids is 1. The SMILES string of the molecule is CC1(C)[C@@H](C(=O)O)[C@@H]1C(=O)Nc1ccc(NC(=O)Cc2ccccc2)cc1. The normalized spacial score (nSPS) is 19.8. The number of anilines is 2. The minimum atomic E-state index is -0.948. The Kier molecular flexibility index (Phi) is 4.99. The van der Waals surface area contributed by atoms with Gasteiger partial charge in [0.15, 0.2) is 0 Å². The van der Waals surface area contributed by atoms with Gasteiger partial charge in [0.1, 0.15) is 0 Å². The molecule has 6 heteroatoms. The first-order valence-corrected chi connectivity index (χ1v) is 8.76. The van der Waals surface area contributed by atoms with Crippen LogP contribution in [0.4, 0.5) is 11.4 Å². The van der Waals surface area contributed by atoms with E-state index in [9.17, 15) is 19.5 Å². The van der Waals surface area contributed by atoms with E-state index >= 15 is 0 Å². The summed E-state index contributed by atoms with van der Waals surface area (Å²) in [6, 6.07) is 16.2.